The van der Waals surface area contributed by atoms with Crippen LogP contribution in [-0.2, 0) is 23.9 Å². The Morgan fingerprint density at radius 3 is 2.04 bits per heavy atom. The lowest BCUT2D eigenvalue weighted by Gasteiger charge is -2.21. The van der Waals surface area contributed by atoms with Crippen LogP contribution in [0, 0.1) is 5.92 Å². The van der Waals surface area contributed by atoms with Crippen LogP contribution in [0.15, 0.2) is 48.6 Å². The normalized spacial score (nSPS) is 14.6. The predicted molar refractivity (Wildman–Crippen MR) is 211 cm³/mol. The summed E-state index contributed by atoms with van der Waals surface area (Å²) in [6.07, 6.45) is 32.0. The molecule has 0 aromatic rings. The Labute approximate surface area is 313 Å². The van der Waals surface area contributed by atoms with Gasteiger partial charge >= 0.3 is 17.9 Å². The smallest absolute Gasteiger partial charge is 0.323 e. The number of carbonyl (C=O) groups is 3. The molecule has 4 atom stereocenters. The standard InChI is InChI=1S/C41H71NO8S/c1-4-5-6-7-8-9-10-11-14-17-20-23-28-38(37(44)27-25-29-39(45)46)51-33-36(42)41(48)50-32-35(43)31-49-40(47)30-24-21-18-15-12-13-16-19-22-26-34(2)3/h8-9,11,14,17,20,23,28,34-38,43-44H,4-7,10,12-13,15-16,18-19,21-22,24-27,29-33,42H2,1-3H3,(H,45,46)/b9-8-,14-11-,20-17+,28-23+/t35-,36-,37-,38+/m0/s1. The summed E-state index contributed by atoms with van der Waals surface area (Å²) in [5, 5.41) is 29.4. The van der Waals surface area contributed by atoms with Crippen LogP contribution in [0.25, 0.3) is 0 Å². The third kappa shape index (κ3) is 33.2. The summed E-state index contributed by atoms with van der Waals surface area (Å²) in [6.45, 7) is 6.12. The molecule has 294 valence electrons. The van der Waals surface area contributed by atoms with Crippen LogP contribution in [0.2, 0.25) is 0 Å². The first-order valence-electron chi connectivity index (χ1n) is 19.5. The molecule has 5 N–H and O–H groups in total. The van der Waals surface area contributed by atoms with Crippen molar-refractivity contribution >= 4 is 29.7 Å². The summed E-state index contributed by atoms with van der Waals surface area (Å²) in [5.74, 6) is -1.09. The molecule has 0 spiro atoms. The molecule has 0 bridgehead atoms. The minimum absolute atomic E-state index is 0.0433. The van der Waals surface area contributed by atoms with Crippen molar-refractivity contribution in [1.82, 2.24) is 0 Å². The number of nitrogens with two attached hydrogens (primary N) is 1. The van der Waals surface area contributed by atoms with Gasteiger partial charge in [0.1, 0.15) is 25.4 Å². The fourth-order valence-electron chi connectivity index (χ4n) is 5.12. The zero-order valence-corrected chi connectivity index (χ0v) is 32.7. The third-order valence-electron chi connectivity index (χ3n) is 8.24. The van der Waals surface area contributed by atoms with Gasteiger partial charge in [-0.3, -0.25) is 14.4 Å². The van der Waals surface area contributed by atoms with E-state index in [-0.39, 0.29) is 37.8 Å². The molecule has 0 fully saturated rings. The molecule has 0 aliphatic rings. The molecule has 0 saturated heterocycles. The molecule has 0 rings (SSSR count). The molecule has 51 heavy (non-hydrogen) atoms. The molecule has 0 aromatic heterocycles. The van der Waals surface area contributed by atoms with Crippen molar-refractivity contribution in [3.05, 3.63) is 48.6 Å². The largest absolute Gasteiger partial charge is 0.481 e. The highest BCUT2D eigenvalue weighted by Crippen LogP contribution is 2.21. The molecule has 10 heteroatoms. The van der Waals surface area contributed by atoms with Crippen molar-refractivity contribution in [2.24, 2.45) is 11.7 Å². The molecule has 9 nitrogen and oxygen atoms in total. The van der Waals surface area contributed by atoms with Crippen molar-refractivity contribution in [3.8, 4) is 0 Å². The lowest BCUT2D eigenvalue weighted by atomic mass is 10.0. The number of carboxylic acids is 1. The SMILES string of the molecule is CCCCC/C=C\C\C=C/C=C/C=C/[C@@H](SC[C@H](N)C(=O)OC[C@@H](O)COC(=O)CCCCCCCCCCCC(C)C)[C@@H](O)CCCC(=O)O. The highest BCUT2D eigenvalue weighted by Gasteiger charge is 2.23. The van der Waals surface area contributed by atoms with Crippen molar-refractivity contribution in [1.29, 1.82) is 0 Å². The Balaban J connectivity index is 4.42. The van der Waals surface area contributed by atoms with Crippen LogP contribution in [0.4, 0.5) is 0 Å². The minimum atomic E-state index is -1.16. The van der Waals surface area contributed by atoms with E-state index in [2.05, 4.69) is 39.0 Å². The number of thioether (sulfide) groups is 1. The summed E-state index contributed by atoms with van der Waals surface area (Å²) < 4.78 is 10.3. The number of rotatable bonds is 34. The zero-order chi connectivity index (χ0) is 38.0. The summed E-state index contributed by atoms with van der Waals surface area (Å²) in [6, 6.07) is -1.01. The van der Waals surface area contributed by atoms with Gasteiger partial charge in [0, 0.05) is 23.8 Å². The quantitative estimate of drug-likeness (QED) is 0.0218. The number of unbranched alkanes of at least 4 members (excludes halogenated alkanes) is 11. The summed E-state index contributed by atoms with van der Waals surface area (Å²) in [5.41, 5.74) is 6.04. The fraction of sp³-hybridized carbons (Fsp3) is 0.732. The van der Waals surface area contributed by atoms with Gasteiger partial charge < -0.3 is 30.5 Å². The number of esters is 2. The highest BCUT2D eigenvalue weighted by atomic mass is 32.2. The van der Waals surface area contributed by atoms with E-state index in [9.17, 15) is 24.6 Å². The Hall–Kier alpha value is -2.40. The number of carbonyl (C=O) groups excluding carboxylic acids is 2. The average Bonchev–Trinajstić information content (AvgIpc) is 3.09. The maximum atomic E-state index is 12.5. The van der Waals surface area contributed by atoms with Crippen molar-refractivity contribution < 1.29 is 39.2 Å². The number of carboxylic acid groups (broad SMARTS) is 1. The van der Waals surface area contributed by atoms with Crippen LogP contribution in [-0.4, -0.2) is 75.7 Å². The molecule has 0 aliphatic heterocycles. The van der Waals surface area contributed by atoms with Gasteiger partial charge in [0.2, 0.25) is 0 Å². The van der Waals surface area contributed by atoms with Gasteiger partial charge in [-0.25, -0.2) is 0 Å². The van der Waals surface area contributed by atoms with Gasteiger partial charge in [-0.15, -0.1) is 11.8 Å². The first-order chi connectivity index (χ1) is 24.6. The van der Waals surface area contributed by atoms with Crippen molar-refractivity contribution in [3.63, 3.8) is 0 Å². The Morgan fingerprint density at radius 1 is 0.725 bits per heavy atom. The van der Waals surface area contributed by atoms with Crippen LogP contribution < -0.4 is 5.73 Å². The topological polar surface area (TPSA) is 156 Å². The zero-order valence-electron chi connectivity index (χ0n) is 31.9. The second-order valence-corrected chi connectivity index (χ2v) is 15.0. The summed E-state index contributed by atoms with van der Waals surface area (Å²) >= 11 is 1.27. The van der Waals surface area contributed by atoms with E-state index < -0.39 is 35.4 Å². The lowest BCUT2D eigenvalue weighted by molar-refractivity contribution is -0.153. The maximum absolute atomic E-state index is 12.5. The van der Waals surface area contributed by atoms with Gasteiger partial charge in [0.05, 0.1) is 6.10 Å². The summed E-state index contributed by atoms with van der Waals surface area (Å²) in [4.78, 5) is 35.4. The maximum Gasteiger partial charge on any atom is 0.323 e. The molecule has 0 aliphatic carbocycles. The van der Waals surface area contributed by atoms with Crippen molar-refractivity contribution in [2.45, 2.75) is 166 Å². The minimum Gasteiger partial charge on any atom is -0.481 e. The number of aliphatic carboxylic acids is 1. The van der Waals surface area contributed by atoms with Crippen LogP contribution in [0.5, 0.6) is 0 Å². The second kappa shape index (κ2) is 34.7. The monoisotopic (exact) mass is 737 g/mol. The van der Waals surface area contributed by atoms with E-state index in [4.69, 9.17) is 20.3 Å². The van der Waals surface area contributed by atoms with E-state index >= 15 is 0 Å². The van der Waals surface area contributed by atoms with E-state index in [0.29, 0.717) is 12.8 Å². The van der Waals surface area contributed by atoms with Gasteiger partial charge in [0.15, 0.2) is 0 Å². The Kier molecular flexibility index (Phi) is 33.0. The molecule has 0 radical (unpaired) electrons. The number of hydrogen-bond acceptors (Lipinski definition) is 9. The molecule has 0 saturated carbocycles. The van der Waals surface area contributed by atoms with Gasteiger partial charge in [0.25, 0.3) is 0 Å². The number of hydrogen-bond donors (Lipinski definition) is 4. The molecule has 0 aromatic carbocycles. The van der Waals surface area contributed by atoms with E-state index in [1.807, 2.05) is 24.3 Å². The van der Waals surface area contributed by atoms with E-state index in [0.717, 1.165) is 38.0 Å². The number of aliphatic hydroxyl groups excluding tert-OH is 2. The highest BCUT2D eigenvalue weighted by molar-refractivity contribution is 8.00. The Bertz CT molecular complexity index is 996. The van der Waals surface area contributed by atoms with Crippen LogP contribution >= 0.6 is 11.8 Å². The summed E-state index contributed by atoms with van der Waals surface area (Å²) in [7, 11) is 0. The van der Waals surface area contributed by atoms with E-state index in [1.54, 1.807) is 6.08 Å². The van der Waals surface area contributed by atoms with Gasteiger partial charge in [-0.1, -0.05) is 140 Å². The number of aliphatic hydroxyl groups is 2. The second-order valence-electron chi connectivity index (χ2n) is 13.7. The van der Waals surface area contributed by atoms with Crippen LogP contribution in [0.3, 0.4) is 0 Å². The first kappa shape index (κ1) is 48.6. The molecular formula is C41H71NO8S. The third-order valence-corrected chi connectivity index (χ3v) is 9.65. The van der Waals surface area contributed by atoms with Gasteiger partial charge in [-0.05, 0) is 44.4 Å². The van der Waals surface area contributed by atoms with E-state index in [1.165, 1.54) is 76.0 Å². The molecule has 0 amide bonds. The number of allylic oxidation sites excluding steroid dienone is 7. The molecular weight excluding hydrogens is 667 g/mol. The van der Waals surface area contributed by atoms with Crippen LogP contribution in [0.1, 0.15) is 143 Å². The average molecular weight is 738 g/mol. The first-order valence-corrected chi connectivity index (χ1v) is 20.5. The molecule has 0 heterocycles. The lowest BCUT2D eigenvalue weighted by Crippen LogP contribution is -2.38. The Morgan fingerprint density at radius 2 is 1.37 bits per heavy atom. The predicted octanol–water partition coefficient (Wildman–Crippen LogP) is 8.62. The van der Waals surface area contributed by atoms with Gasteiger partial charge in [-0.2, -0.15) is 0 Å². The molecule has 0 unspecified atom stereocenters. The van der Waals surface area contributed by atoms with Crippen molar-refractivity contribution in [2.75, 3.05) is 19.0 Å². The number of ether oxygens (including phenoxy) is 2. The fourth-order valence-corrected chi connectivity index (χ4v) is 6.25.